The number of hydrogen-bond acceptors (Lipinski definition) is 4. The SMILES string of the molecule is CN(C(=O)N1CCC(CC(=O)N(c2ccccc2)C2CCCOC2)CC1C(=O)O)c1ccc(F)cc1. The van der Waals surface area contributed by atoms with Crippen molar-refractivity contribution in [3.05, 3.63) is 60.4 Å². The van der Waals surface area contributed by atoms with Crippen LogP contribution >= 0.6 is 0 Å². The number of likely N-dealkylation sites (tertiary alicyclic amines) is 1. The van der Waals surface area contributed by atoms with Gasteiger partial charge in [0.2, 0.25) is 5.91 Å². The summed E-state index contributed by atoms with van der Waals surface area (Å²) in [5.41, 5.74) is 1.28. The summed E-state index contributed by atoms with van der Waals surface area (Å²) in [5, 5.41) is 9.92. The molecule has 1 N–H and O–H groups in total. The van der Waals surface area contributed by atoms with Crippen LogP contribution in [-0.2, 0) is 14.3 Å². The number of carboxylic acids is 1. The highest BCUT2D eigenvalue weighted by Gasteiger charge is 2.39. The van der Waals surface area contributed by atoms with Crippen LogP contribution in [0.15, 0.2) is 54.6 Å². The number of aliphatic carboxylic acids is 1. The molecule has 0 aliphatic carbocycles. The first kappa shape index (κ1) is 25.6. The average Bonchev–Trinajstić information content (AvgIpc) is 2.89. The summed E-state index contributed by atoms with van der Waals surface area (Å²) < 4.78 is 18.9. The maximum Gasteiger partial charge on any atom is 0.326 e. The molecule has 2 aromatic rings. The van der Waals surface area contributed by atoms with Crippen molar-refractivity contribution in [2.75, 3.05) is 36.6 Å². The highest BCUT2D eigenvalue weighted by Crippen LogP contribution is 2.31. The van der Waals surface area contributed by atoms with Crippen molar-refractivity contribution >= 4 is 29.3 Å². The predicted octanol–water partition coefficient (Wildman–Crippen LogP) is 4.15. The Labute approximate surface area is 210 Å². The van der Waals surface area contributed by atoms with Crippen LogP contribution in [0.2, 0.25) is 0 Å². The number of halogens is 1. The monoisotopic (exact) mass is 497 g/mol. The molecule has 2 saturated heterocycles. The van der Waals surface area contributed by atoms with E-state index in [-0.39, 0.29) is 37.3 Å². The first-order chi connectivity index (χ1) is 17.3. The van der Waals surface area contributed by atoms with Crippen molar-refractivity contribution in [2.24, 2.45) is 5.92 Å². The quantitative estimate of drug-likeness (QED) is 0.648. The maximum atomic E-state index is 13.5. The molecule has 3 atom stereocenters. The molecule has 2 aliphatic rings. The molecule has 0 radical (unpaired) electrons. The first-order valence-corrected chi connectivity index (χ1v) is 12.3. The van der Waals surface area contributed by atoms with E-state index in [1.54, 1.807) is 4.90 Å². The van der Waals surface area contributed by atoms with Gasteiger partial charge >= 0.3 is 12.0 Å². The Hall–Kier alpha value is -3.46. The van der Waals surface area contributed by atoms with Gasteiger partial charge in [0, 0.05) is 38.0 Å². The van der Waals surface area contributed by atoms with E-state index in [0.29, 0.717) is 25.3 Å². The number of amides is 3. The van der Waals surface area contributed by atoms with Gasteiger partial charge in [-0.25, -0.2) is 14.0 Å². The maximum absolute atomic E-state index is 13.5. The van der Waals surface area contributed by atoms with Crippen molar-refractivity contribution in [1.82, 2.24) is 4.90 Å². The van der Waals surface area contributed by atoms with Gasteiger partial charge < -0.3 is 19.6 Å². The number of piperidine rings is 1. The van der Waals surface area contributed by atoms with Crippen molar-refractivity contribution in [2.45, 2.75) is 44.2 Å². The number of nitrogens with zero attached hydrogens (tertiary/aromatic N) is 3. The first-order valence-electron chi connectivity index (χ1n) is 12.3. The van der Waals surface area contributed by atoms with Crippen LogP contribution in [0.1, 0.15) is 32.1 Å². The standard InChI is InChI=1S/C27H32FN3O5/c1-29(21-11-9-20(28)10-12-21)27(35)30-14-13-19(16-24(30)26(33)34)17-25(32)31(22-6-3-2-4-7-22)23-8-5-15-36-18-23/h2-4,6-7,9-12,19,23-24H,5,8,13-18H2,1H3,(H,33,34). The minimum Gasteiger partial charge on any atom is -0.480 e. The number of anilines is 2. The van der Waals surface area contributed by atoms with Gasteiger partial charge in [-0.15, -0.1) is 0 Å². The zero-order chi connectivity index (χ0) is 25.7. The van der Waals surface area contributed by atoms with Crippen LogP contribution in [-0.4, -0.2) is 66.8 Å². The molecule has 2 heterocycles. The van der Waals surface area contributed by atoms with Crippen molar-refractivity contribution in [3.63, 3.8) is 0 Å². The number of rotatable bonds is 6. The summed E-state index contributed by atoms with van der Waals surface area (Å²) in [7, 11) is 1.54. The number of ether oxygens (including phenoxy) is 1. The Bertz CT molecular complexity index is 1060. The normalized spacial score (nSPS) is 22.1. The second kappa shape index (κ2) is 11.5. The molecular weight excluding hydrogens is 465 g/mol. The van der Waals surface area contributed by atoms with Crippen LogP contribution < -0.4 is 9.80 Å². The van der Waals surface area contributed by atoms with Gasteiger partial charge in [0.15, 0.2) is 0 Å². The fourth-order valence-electron chi connectivity index (χ4n) is 5.07. The number of carbonyl (C=O) groups excluding carboxylic acids is 2. The lowest BCUT2D eigenvalue weighted by Gasteiger charge is -2.40. The fraction of sp³-hybridized carbons (Fsp3) is 0.444. The van der Waals surface area contributed by atoms with Crippen LogP contribution in [0.25, 0.3) is 0 Å². The molecule has 0 spiro atoms. The Kier molecular flexibility index (Phi) is 8.20. The van der Waals surface area contributed by atoms with Gasteiger partial charge in [0.05, 0.1) is 12.6 Å². The summed E-state index contributed by atoms with van der Waals surface area (Å²) >= 11 is 0. The molecule has 0 saturated carbocycles. The van der Waals surface area contributed by atoms with Gasteiger partial charge in [-0.05, 0) is 68.0 Å². The molecule has 0 bridgehead atoms. The van der Waals surface area contributed by atoms with Crippen LogP contribution in [0.5, 0.6) is 0 Å². The van der Waals surface area contributed by atoms with Gasteiger partial charge in [0.1, 0.15) is 11.9 Å². The molecule has 4 rings (SSSR count). The molecule has 0 aromatic heterocycles. The van der Waals surface area contributed by atoms with E-state index in [4.69, 9.17) is 4.74 Å². The number of para-hydroxylation sites is 1. The van der Waals surface area contributed by atoms with Crippen LogP contribution in [0.4, 0.5) is 20.6 Å². The zero-order valence-corrected chi connectivity index (χ0v) is 20.4. The predicted molar refractivity (Wildman–Crippen MR) is 133 cm³/mol. The molecule has 36 heavy (non-hydrogen) atoms. The van der Waals surface area contributed by atoms with Gasteiger partial charge in [0.25, 0.3) is 0 Å². The van der Waals surface area contributed by atoms with E-state index in [2.05, 4.69) is 0 Å². The van der Waals surface area contributed by atoms with Crippen molar-refractivity contribution < 1.29 is 28.6 Å². The zero-order valence-electron chi connectivity index (χ0n) is 20.4. The van der Waals surface area contributed by atoms with Gasteiger partial charge in [-0.3, -0.25) is 9.69 Å². The van der Waals surface area contributed by atoms with Gasteiger partial charge in [-0.1, -0.05) is 18.2 Å². The largest absolute Gasteiger partial charge is 0.480 e. The molecular formula is C27H32FN3O5. The van der Waals surface area contributed by atoms with E-state index in [9.17, 15) is 23.9 Å². The Morgan fingerprint density at radius 2 is 1.78 bits per heavy atom. The molecule has 2 aliphatic heterocycles. The Morgan fingerprint density at radius 1 is 1.06 bits per heavy atom. The second-order valence-electron chi connectivity index (χ2n) is 9.43. The number of urea groups is 1. The minimum atomic E-state index is -1.10. The van der Waals surface area contributed by atoms with Crippen LogP contribution in [0, 0.1) is 11.7 Å². The number of benzene rings is 2. The Morgan fingerprint density at radius 3 is 2.42 bits per heavy atom. The molecule has 3 unspecified atom stereocenters. The fourth-order valence-corrected chi connectivity index (χ4v) is 5.07. The van der Waals surface area contributed by atoms with Gasteiger partial charge in [-0.2, -0.15) is 0 Å². The third kappa shape index (κ3) is 5.84. The van der Waals surface area contributed by atoms with E-state index < -0.39 is 23.9 Å². The second-order valence-corrected chi connectivity index (χ2v) is 9.43. The summed E-state index contributed by atoms with van der Waals surface area (Å²) in [5.74, 6) is -1.75. The molecule has 3 amide bonds. The van der Waals surface area contributed by atoms with E-state index >= 15 is 0 Å². The topological polar surface area (TPSA) is 90.4 Å². The molecule has 2 aromatic carbocycles. The highest BCUT2D eigenvalue weighted by molar-refractivity contribution is 5.95. The molecule has 192 valence electrons. The van der Waals surface area contributed by atoms with Crippen molar-refractivity contribution in [1.29, 1.82) is 0 Å². The lowest BCUT2D eigenvalue weighted by Crippen LogP contribution is -2.54. The third-order valence-corrected chi connectivity index (χ3v) is 7.01. The summed E-state index contributed by atoms with van der Waals surface area (Å²) in [6.45, 7) is 1.38. The molecule has 2 fully saturated rings. The van der Waals surface area contributed by atoms with E-state index in [0.717, 1.165) is 18.5 Å². The summed E-state index contributed by atoms with van der Waals surface area (Å²) in [6.07, 6.45) is 2.63. The van der Waals surface area contributed by atoms with E-state index in [1.807, 2.05) is 30.3 Å². The summed E-state index contributed by atoms with van der Waals surface area (Å²) in [6, 6.07) is 13.4. The van der Waals surface area contributed by atoms with Crippen LogP contribution in [0.3, 0.4) is 0 Å². The summed E-state index contributed by atoms with van der Waals surface area (Å²) in [4.78, 5) is 43.2. The minimum absolute atomic E-state index is 0.0602. The van der Waals surface area contributed by atoms with Crippen molar-refractivity contribution in [3.8, 4) is 0 Å². The molecule has 8 nitrogen and oxygen atoms in total. The third-order valence-electron chi connectivity index (χ3n) is 7.01. The lowest BCUT2D eigenvalue weighted by molar-refractivity contribution is -0.144. The number of carboxylic acid groups (broad SMARTS) is 1. The smallest absolute Gasteiger partial charge is 0.326 e. The number of hydrogen-bond donors (Lipinski definition) is 1. The van der Waals surface area contributed by atoms with E-state index in [1.165, 1.54) is 41.1 Å². The average molecular weight is 498 g/mol. The number of carbonyl (C=O) groups is 3. The molecule has 9 heteroatoms. The highest BCUT2D eigenvalue weighted by atomic mass is 19.1. The lowest BCUT2D eigenvalue weighted by atomic mass is 9.87. The Balaban J connectivity index is 1.45.